The molecule has 2 N–H and O–H groups in total. The highest BCUT2D eigenvalue weighted by molar-refractivity contribution is 6.24. The molecule has 0 bridgehead atoms. The first-order valence-corrected chi connectivity index (χ1v) is 13.5. The van der Waals surface area contributed by atoms with Crippen LogP contribution in [0.4, 0.5) is 5.69 Å². The van der Waals surface area contributed by atoms with Crippen molar-refractivity contribution < 1.29 is 24.2 Å². The van der Waals surface area contributed by atoms with Crippen molar-refractivity contribution in [2.24, 2.45) is 17.8 Å². The number of aliphatic carboxylic acids is 1. The number of imide groups is 1. The SMILES string of the molecule is CCCOc1ccc(C2NC(CC3CCCCC3)(C(=O)O)C3C(=O)N(c4ccccc4C)C(=O)C23)cc1. The smallest absolute Gasteiger partial charge is 0.324 e. The predicted octanol–water partition coefficient (Wildman–Crippen LogP) is 5.03. The highest BCUT2D eigenvalue weighted by atomic mass is 16.5. The van der Waals surface area contributed by atoms with Crippen molar-refractivity contribution >= 4 is 23.5 Å². The monoisotopic (exact) mass is 504 g/mol. The molecule has 0 spiro atoms. The van der Waals surface area contributed by atoms with Gasteiger partial charge in [0.25, 0.3) is 0 Å². The fourth-order valence-electron chi connectivity index (χ4n) is 6.65. The number of benzene rings is 2. The third kappa shape index (κ3) is 4.43. The molecule has 3 fully saturated rings. The van der Waals surface area contributed by atoms with Crippen LogP contribution in [-0.4, -0.2) is 35.0 Å². The van der Waals surface area contributed by atoms with Crippen molar-refractivity contribution in [2.75, 3.05) is 11.5 Å². The minimum atomic E-state index is -1.50. The van der Waals surface area contributed by atoms with E-state index in [1.165, 1.54) is 4.90 Å². The van der Waals surface area contributed by atoms with E-state index in [9.17, 15) is 19.5 Å². The van der Waals surface area contributed by atoms with Gasteiger partial charge in [0.2, 0.25) is 11.8 Å². The van der Waals surface area contributed by atoms with Gasteiger partial charge in [-0.3, -0.25) is 19.7 Å². The van der Waals surface area contributed by atoms with Gasteiger partial charge in [-0.15, -0.1) is 0 Å². The zero-order chi connectivity index (χ0) is 26.2. The molecule has 2 saturated heterocycles. The van der Waals surface area contributed by atoms with Crippen LogP contribution < -0.4 is 15.0 Å². The van der Waals surface area contributed by atoms with Crippen LogP contribution in [-0.2, 0) is 14.4 Å². The molecule has 4 atom stereocenters. The molecule has 1 aliphatic carbocycles. The lowest BCUT2D eigenvalue weighted by atomic mass is 9.72. The van der Waals surface area contributed by atoms with Gasteiger partial charge in [0.15, 0.2) is 0 Å². The molecule has 0 radical (unpaired) electrons. The minimum Gasteiger partial charge on any atom is -0.494 e. The summed E-state index contributed by atoms with van der Waals surface area (Å²) in [5.74, 6) is -2.64. The van der Waals surface area contributed by atoms with E-state index in [0.29, 0.717) is 18.7 Å². The number of carboxylic acid groups (broad SMARTS) is 1. The van der Waals surface area contributed by atoms with Crippen LogP contribution in [0.15, 0.2) is 48.5 Å². The molecule has 2 aliphatic heterocycles. The summed E-state index contributed by atoms with van der Waals surface area (Å²) in [4.78, 5) is 42.4. The Kier molecular flexibility index (Phi) is 7.08. The Hall–Kier alpha value is -3.19. The summed E-state index contributed by atoms with van der Waals surface area (Å²) in [6.45, 7) is 4.51. The number of rotatable bonds is 8. The maximum Gasteiger partial charge on any atom is 0.324 e. The lowest BCUT2D eigenvalue weighted by molar-refractivity contribution is -0.150. The van der Waals surface area contributed by atoms with Crippen molar-refractivity contribution in [2.45, 2.75) is 70.4 Å². The molecule has 2 aromatic rings. The number of nitrogens with one attached hydrogen (secondary N) is 1. The number of carbonyl (C=O) groups excluding carboxylic acids is 2. The quantitative estimate of drug-likeness (QED) is 0.490. The van der Waals surface area contributed by atoms with Gasteiger partial charge in [-0.1, -0.05) is 69.4 Å². The number of fused-ring (bicyclic) bond motifs is 1. The van der Waals surface area contributed by atoms with E-state index in [1.54, 1.807) is 12.1 Å². The van der Waals surface area contributed by atoms with E-state index >= 15 is 0 Å². The first kappa shape index (κ1) is 25.5. The zero-order valence-corrected chi connectivity index (χ0v) is 21.6. The maximum absolute atomic E-state index is 14.0. The number of carbonyl (C=O) groups is 3. The highest BCUT2D eigenvalue weighted by Crippen LogP contribution is 2.53. The maximum atomic E-state index is 14.0. The van der Waals surface area contributed by atoms with E-state index in [-0.39, 0.29) is 11.8 Å². The van der Waals surface area contributed by atoms with Gasteiger partial charge >= 0.3 is 5.97 Å². The number of para-hydroxylation sites is 1. The number of hydrogen-bond acceptors (Lipinski definition) is 5. The molecule has 2 aromatic carbocycles. The van der Waals surface area contributed by atoms with Gasteiger partial charge in [0.1, 0.15) is 11.3 Å². The Labute approximate surface area is 218 Å². The second kappa shape index (κ2) is 10.3. The Morgan fingerprint density at radius 1 is 1.05 bits per heavy atom. The fraction of sp³-hybridized carbons (Fsp3) is 0.500. The Morgan fingerprint density at radius 2 is 1.76 bits per heavy atom. The summed E-state index contributed by atoms with van der Waals surface area (Å²) >= 11 is 0. The molecule has 196 valence electrons. The molecule has 5 rings (SSSR count). The number of amides is 2. The largest absolute Gasteiger partial charge is 0.494 e. The number of carboxylic acids is 1. The standard InChI is InChI=1S/C30H36N2O5/c1-3-17-37-22-15-13-21(14-16-22)26-24-25(28(34)32(27(24)33)23-12-8-7-9-19(23)2)30(31-26,29(35)36)18-20-10-5-4-6-11-20/h7-9,12-16,20,24-26,31H,3-6,10-11,17-18H2,1-2H3,(H,35,36). The van der Waals surface area contributed by atoms with Gasteiger partial charge in [0.05, 0.1) is 24.1 Å². The van der Waals surface area contributed by atoms with E-state index in [2.05, 4.69) is 5.32 Å². The first-order valence-electron chi connectivity index (χ1n) is 13.5. The second-order valence-corrected chi connectivity index (χ2v) is 10.8. The molecule has 37 heavy (non-hydrogen) atoms. The van der Waals surface area contributed by atoms with Crippen molar-refractivity contribution in [3.05, 3.63) is 59.7 Å². The molecule has 4 unspecified atom stereocenters. The minimum absolute atomic E-state index is 0.206. The third-order valence-electron chi connectivity index (χ3n) is 8.44. The number of aryl methyl sites for hydroxylation is 1. The van der Waals surface area contributed by atoms with Crippen LogP contribution in [0.5, 0.6) is 5.75 Å². The molecule has 0 aromatic heterocycles. The summed E-state index contributed by atoms with van der Waals surface area (Å²) in [6.07, 6.45) is 6.43. The Balaban J connectivity index is 1.57. The van der Waals surface area contributed by atoms with Crippen LogP contribution in [0.25, 0.3) is 0 Å². The van der Waals surface area contributed by atoms with E-state index in [4.69, 9.17) is 4.74 Å². The van der Waals surface area contributed by atoms with E-state index < -0.39 is 35.3 Å². The molecule has 2 heterocycles. The Morgan fingerprint density at radius 3 is 2.41 bits per heavy atom. The summed E-state index contributed by atoms with van der Waals surface area (Å²) in [5.41, 5.74) is 0.627. The van der Waals surface area contributed by atoms with E-state index in [1.807, 2.05) is 50.2 Å². The van der Waals surface area contributed by atoms with E-state index in [0.717, 1.165) is 55.4 Å². The Bertz CT molecular complexity index is 1170. The molecule has 7 nitrogen and oxygen atoms in total. The van der Waals surface area contributed by atoms with Gasteiger partial charge in [-0.2, -0.15) is 0 Å². The van der Waals surface area contributed by atoms with Crippen LogP contribution in [0.2, 0.25) is 0 Å². The van der Waals surface area contributed by atoms with Crippen molar-refractivity contribution in [3.8, 4) is 5.75 Å². The highest BCUT2D eigenvalue weighted by Gasteiger charge is 2.69. The van der Waals surface area contributed by atoms with Gasteiger partial charge in [-0.05, 0) is 55.0 Å². The number of hydrogen-bond donors (Lipinski definition) is 2. The van der Waals surface area contributed by atoms with Crippen molar-refractivity contribution in [3.63, 3.8) is 0 Å². The molecule has 2 amide bonds. The summed E-state index contributed by atoms with van der Waals surface area (Å²) in [6, 6.07) is 14.2. The summed E-state index contributed by atoms with van der Waals surface area (Å²) in [7, 11) is 0. The summed E-state index contributed by atoms with van der Waals surface area (Å²) < 4.78 is 5.72. The van der Waals surface area contributed by atoms with Gasteiger partial charge in [-0.25, -0.2) is 4.90 Å². The lowest BCUT2D eigenvalue weighted by Crippen LogP contribution is -2.57. The van der Waals surface area contributed by atoms with Crippen molar-refractivity contribution in [1.29, 1.82) is 0 Å². The van der Waals surface area contributed by atoms with Crippen LogP contribution >= 0.6 is 0 Å². The average molecular weight is 505 g/mol. The normalized spacial score (nSPS) is 27.9. The van der Waals surface area contributed by atoms with Crippen LogP contribution in [0.3, 0.4) is 0 Å². The van der Waals surface area contributed by atoms with Crippen LogP contribution in [0.1, 0.15) is 69.0 Å². The number of nitrogens with zero attached hydrogens (tertiary/aromatic N) is 1. The van der Waals surface area contributed by atoms with Gasteiger partial charge < -0.3 is 9.84 Å². The molecule has 7 heteroatoms. The number of anilines is 1. The first-order chi connectivity index (χ1) is 17.9. The fourth-order valence-corrected chi connectivity index (χ4v) is 6.65. The summed E-state index contributed by atoms with van der Waals surface area (Å²) in [5, 5.41) is 14.1. The molecule has 3 aliphatic rings. The molecule has 1 saturated carbocycles. The molecular weight excluding hydrogens is 468 g/mol. The second-order valence-electron chi connectivity index (χ2n) is 10.8. The van der Waals surface area contributed by atoms with Gasteiger partial charge in [0, 0.05) is 6.04 Å². The zero-order valence-electron chi connectivity index (χ0n) is 21.6. The number of ether oxygens (including phenoxy) is 1. The van der Waals surface area contributed by atoms with Crippen LogP contribution in [0, 0.1) is 24.7 Å². The third-order valence-corrected chi connectivity index (χ3v) is 8.44. The predicted molar refractivity (Wildman–Crippen MR) is 140 cm³/mol. The average Bonchev–Trinajstić information content (AvgIpc) is 3.38. The molecular formula is C30H36N2O5. The van der Waals surface area contributed by atoms with Crippen molar-refractivity contribution in [1.82, 2.24) is 5.32 Å². The lowest BCUT2D eigenvalue weighted by Gasteiger charge is -2.35. The topological polar surface area (TPSA) is 95.9 Å².